The minimum absolute atomic E-state index is 0.137. The first kappa shape index (κ1) is 12.6. The number of aliphatic carboxylic acids is 1. The van der Waals surface area contributed by atoms with Gasteiger partial charge in [-0.2, -0.15) is 0 Å². The SMILES string of the molecule is CCC(C)(NC(=O)c1cc(C2CC2)on1)C(=O)O. The largest absolute Gasteiger partial charge is 0.480 e. The number of carboxylic acid groups (broad SMARTS) is 1. The van der Waals surface area contributed by atoms with Crippen molar-refractivity contribution in [3.8, 4) is 0 Å². The van der Waals surface area contributed by atoms with E-state index < -0.39 is 17.4 Å². The van der Waals surface area contributed by atoms with Crippen molar-refractivity contribution in [3.05, 3.63) is 17.5 Å². The Balaban J connectivity index is 2.08. The molecule has 0 spiro atoms. The van der Waals surface area contributed by atoms with E-state index in [4.69, 9.17) is 9.63 Å². The maximum atomic E-state index is 11.9. The number of nitrogens with zero attached hydrogens (tertiary/aromatic N) is 1. The number of nitrogens with one attached hydrogen (secondary N) is 1. The van der Waals surface area contributed by atoms with E-state index in [1.807, 2.05) is 0 Å². The zero-order chi connectivity index (χ0) is 13.3. The lowest BCUT2D eigenvalue weighted by Gasteiger charge is -2.23. The number of hydrogen-bond donors (Lipinski definition) is 2. The molecule has 1 heterocycles. The van der Waals surface area contributed by atoms with Crippen LogP contribution in [-0.2, 0) is 4.79 Å². The van der Waals surface area contributed by atoms with Crippen molar-refractivity contribution in [2.24, 2.45) is 0 Å². The van der Waals surface area contributed by atoms with E-state index in [-0.39, 0.29) is 5.69 Å². The first-order valence-corrected chi connectivity index (χ1v) is 5.99. The predicted octanol–water partition coefficient (Wildman–Crippen LogP) is 1.54. The molecule has 2 rings (SSSR count). The highest BCUT2D eigenvalue weighted by atomic mass is 16.5. The van der Waals surface area contributed by atoms with Gasteiger partial charge in [0.25, 0.3) is 5.91 Å². The summed E-state index contributed by atoms with van der Waals surface area (Å²) < 4.78 is 5.06. The summed E-state index contributed by atoms with van der Waals surface area (Å²) in [6.07, 6.45) is 2.40. The monoisotopic (exact) mass is 252 g/mol. The van der Waals surface area contributed by atoms with E-state index in [1.165, 1.54) is 6.92 Å². The Kier molecular flexibility index (Phi) is 3.11. The Hall–Kier alpha value is -1.85. The van der Waals surface area contributed by atoms with Crippen LogP contribution >= 0.6 is 0 Å². The van der Waals surface area contributed by atoms with Crippen LogP contribution in [0.3, 0.4) is 0 Å². The van der Waals surface area contributed by atoms with Crippen LogP contribution in [0, 0.1) is 0 Å². The second-order valence-electron chi connectivity index (χ2n) is 4.83. The van der Waals surface area contributed by atoms with E-state index in [9.17, 15) is 9.59 Å². The van der Waals surface area contributed by atoms with Gasteiger partial charge in [0.2, 0.25) is 0 Å². The van der Waals surface area contributed by atoms with Crippen LogP contribution in [0.4, 0.5) is 0 Å². The van der Waals surface area contributed by atoms with Crippen LogP contribution in [0.25, 0.3) is 0 Å². The van der Waals surface area contributed by atoms with Crippen molar-refractivity contribution in [1.29, 1.82) is 0 Å². The second kappa shape index (κ2) is 4.44. The fourth-order valence-electron chi connectivity index (χ4n) is 1.56. The number of aromatic nitrogens is 1. The molecule has 0 saturated heterocycles. The Morgan fingerprint density at radius 1 is 1.61 bits per heavy atom. The molecule has 0 aromatic carbocycles. The lowest BCUT2D eigenvalue weighted by Crippen LogP contribution is -2.51. The molecule has 0 bridgehead atoms. The van der Waals surface area contributed by atoms with Gasteiger partial charge in [0.15, 0.2) is 5.69 Å². The van der Waals surface area contributed by atoms with Gasteiger partial charge >= 0.3 is 5.97 Å². The zero-order valence-electron chi connectivity index (χ0n) is 10.4. The predicted molar refractivity (Wildman–Crippen MR) is 62.3 cm³/mol. The van der Waals surface area contributed by atoms with E-state index in [0.29, 0.717) is 18.1 Å². The van der Waals surface area contributed by atoms with Crippen molar-refractivity contribution in [3.63, 3.8) is 0 Å². The number of rotatable bonds is 5. The first-order chi connectivity index (χ1) is 8.46. The molecule has 1 aromatic heterocycles. The molecular weight excluding hydrogens is 236 g/mol. The zero-order valence-corrected chi connectivity index (χ0v) is 10.4. The Morgan fingerprint density at radius 2 is 2.28 bits per heavy atom. The topological polar surface area (TPSA) is 92.4 Å². The lowest BCUT2D eigenvalue weighted by atomic mass is 9.99. The summed E-state index contributed by atoms with van der Waals surface area (Å²) in [4.78, 5) is 23.0. The number of hydrogen-bond acceptors (Lipinski definition) is 4. The molecule has 6 heteroatoms. The number of amides is 1. The highest BCUT2D eigenvalue weighted by molar-refractivity contribution is 5.96. The molecule has 1 aromatic rings. The molecule has 0 aliphatic heterocycles. The molecule has 1 aliphatic rings. The minimum atomic E-state index is -1.28. The third-order valence-electron chi connectivity index (χ3n) is 3.31. The molecule has 1 unspecified atom stereocenters. The quantitative estimate of drug-likeness (QED) is 0.829. The van der Waals surface area contributed by atoms with Crippen molar-refractivity contribution in [1.82, 2.24) is 10.5 Å². The molecule has 1 atom stereocenters. The summed E-state index contributed by atoms with van der Waals surface area (Å²) in [7, 11) is 0. The summed E-state index contributed by atoms with van der Waals surface area (Å²) in [6.45, 7) is 3.17. The third-order valence-corrected chi connectivity index (χ3v) is 3.31. The smallest absolute Gasteiger partial charge is 0.329 e. The Bertz CT molecular complexity index is 478. The van der Waals surface area contributed by atoms with Crippen LogP contribution in [0.1, 0.15) is 55.3 Å². The number of carbonyl (C=O) groups is 2. The third kappa shape index (κ3) is 2.37. The molecule has 1 fully saturated rings. The molecular formula is C12H16N2O4. The van der Waals surface area contributed by atoms with Crippen LogP contribution in [0.15, 0.2) is 10.6 Å². The summed E-state index contributed by atoms with van der Waals surface area (Å²) in [5.74, 6) is -0.508. The lowest BCUT2D eigenvalue weighted by molar-refractivity contribution is -0.143. The molecule has 0 radical (unpaired) electrons. The molecule has 1 aliphatic carbocycles. The summed E-state index contributed by atoms with van der Waals surface area (Å²) in [6, 6.07) is 1.59. The molecule has 6 nitrogen and oxygen atoms in total. The van der Waals surface area contributed by atoms with Crippen LogP contribution in [-0.4, -0.2) is 27.7 Å². The summed E-state index contributed by atoms with van der Waals surface area (Å²) in [5.41, 5.74) is -1.15. The molecule has 1 saturated carbocycles. The van der Waals surface area contributed by atoms with Gasteiger partial charge < -0.3 is 14.9 Å². The van der Waals surface area contributed by atoms with Crippen LogP contribution in [0.5, 0.6) is 0 Å². The minimum Gasteiger partial charge on any atom is -0.480 e. The van der Waals surface area contributed by atoms with Crippen molar-refractivity contribution < 1.29 is 19.2 Å². The average molecular weight is 252 g/mol. The summed E-state index contributed by atoms with van der Waals surface area (Å²) in [5, 5.41) is 15.2. The normalized spacial score (nSPS) is 18.1. The Labute approximate surface area is 104 Å². The summed E-state index contributed by atoms with van der Waals surface area (Å²) >= 11 is 0. The highest BCUT2D eigenvalue weighted by Gasteiger charge is 2.35. The maximum Gasteiger partial charge on any atom is 0.329 e. The van der Waals surface area contributed by atoms with E-state index in [2.05, 4.69) is 10.5 Å². The van der Waals surface area contributed by atoms with Gasteiger partial charge in [-0.3, -0.25) is 4.79 Å². The van der Waals surface area contributed by atoms with Gasteiger partial charge in [-0.25, -0.2) is 4.79 Å². The Morgan fingerprint density at radius 3 is 2.78 bits per heavy atom. The van der Waals surface area contributed by atoms with Crippen molar-refractivity contribution in [2.75, 3.05) is 0 Å². The molecule has 18 heavy (non-hydrogen) atoms. The second-order valence-corrected chi connectivity index (χ2v) is 4.83. The van der Waals surface area contributed by atoms with Crippen molar-refractivity contribution in [2.45, 2.75) is 44.6 Å². The number of carbonyl (C=O) groups excluding carboxylic acids is 1. The molecule has 98 valence electrons. The van der Waals surface area contributed by atoms with E-state index >= 15 is 0 Å². The van der Waals surface area contributed by atoms with Crippen molar-refractivity contribution >= 4 is 11.9 Å². The van der Waals surface area contributed by atoms with Gasteiger partial charge in [-0.15, -0.1) is 0 Å². The van der Waals surface area contributed by atoms with Gasteiger partial charge in [-0.05, 0) is 26.2 Å². The van der Waals surface area contributed by atoms with Gasteiger partial charge in [0.05, 0.1) is 0 Å². The first-order valence-electron chi connectivity index (χ1n) is 5.99. The average Bonchev–Trinajstić information content (AvgIpc) is 3.06. The van der Waals surface area contributed by atoms with Gasteiger partial charge in [0.1, 0.15) is 11.3 Å². The standard InChI is InChI=1S/C12H16N2O4/c1-3-12(2,11(16)17)13-10(15)8-6-9(18-14-8)7-4-5-7/h6-7H,3-5H2,1-2H3,(H,13,15)(H,16,17). The van der Waals surface area contributed by atoms with Crippen LogP contribution < -0.4 is 5.32 Å². The molecule has 1 amide bonds. The van der Waals surface area contributed by atoms with Gasteiger partial charge in [-0.1, -0.05) is 12.1 Å². The molecule has 2 N–H and O–H groups in total. The fraction of sp³-hybridized carbons (Fsp3) is 0.583. The van der Waals surface area contributed by atoms with E-state index in [1.54, 1.807) is 13.0 Å². The van der Waals surface area contributed by atoms with Crippen LogP contribution in [0.2, 0.25) is 0 Å². The number of carboxylic acids is 1. The fourth-order valence-corrected chi connectivity index (χ4v) is 1.56. The maximum absolute atomic E-state index is 11.9. The van der Waals surface area contributed by atoms with E-state index in [0.717, 1.165) is 12.8 Å². The van der Waals surface area contributed by atoms with Gasteiger partial charge in [0, 0.05) is 12.0 Å². The highest BCUT2D eigenvalue weighted by Crippen LogP contribution is 2.40.